The Morgan fingerprint density at radius 2 is 2.16 bits per heavy atom. The number of hydrogen-bond donors (Lipinski definition) is 1. The quantitative estimate of drug-likeness (QED) is 0.801. The van der Waals surface area contributed by atoms with Gasteiger partial charge in [0.1, 0.15) is 5.75 Å². The second-order valence-electron chi connectivity index (χ2n) is 5.15. The van der Waals surface area contributed by atoms with E-state index in [0.29, 0.717) is 11.3 Å². The van der Waals surface area contributed by atoms with Crippen molar-refractivity contribution in [1.82, 2.24) is 5.32 Å². The lowest BCUT2D eigenvalue weighted by molar-refractivity contribution is 0.346. The fraction of sp³-hybridized carbons (Fsp3) is 0.600. The normalized spacial score (nSPS) is 23.3. The van der Waals surface area contributed by atoms with E-state index in [-0.39, 0.29) is 0 Å². The average molecular weight is 347 g/mol. The number of hydrogen-bond acceptors (Lipinski definition) is 2. The zero-order valence-corrected chi connectivity index (χ0v) is 13.6. The monoisotopic (exact) mass is 345 g/mol. The molecule has 0 amide bonds. The number of methoxy groups -OCH3 is 1. The molecule has 0 bridgehead atoms. The van der Waals surface area contributed by atoms with Crippen molar-refractivity contribution in [2.24, 2.45) is 5.92 Å². The number of rotatable bonds is 5. The summed E-state index contributed by atoms with van der Waals surface area (Å²) in [5.74, 6) is 1.54. The number of alkyl halides is 1. The fourth-order valence-corrected chi connectivity index (χ4v) is 3.45. The first-order valence-electron chi connectivity index (χ1n) is 6.88. The molecule has 2 unspecified atom stereocenters. The summed E-state index contributed by atoms with van der Waals surface area (Å²) in [6, 6.07) is 6.09. The van der Waals surface area contributed by atoms with Gasteiger partial charge in [0.2, 0.25) is 0 Å². The van der Waals surface area contributed by atoms with Crippen LogP contribution in [0.5, 0.6) is 5.75 Å². The van der Waals surface area contributed by atoms with E-state index in [2.05, 4.69) is 27.3 Å². The zero-order chi connectivity index (χ0) is 13.7. The molecule has 0 heterocycles. The van der Waals surface area contributed by atoms with Crippen molar-refractivity contribution in [3.63, 3.8) is 0 Å². The highest BCUT2D eigenvalue weighted by Crippen LogP contribution is 2.28. The highest BCUT2D eigenvalue weighted by atomic mass is 79.9. The number of ether oxygens (including phenoxy) is 1. The minimum atomic E-state index is 0.339. The third-order valence-corrected chi connectivity index (χ3v) is 4.85. The molecule has 1 aromatic carbocycles. The van der Waals surface area contributed by atoms with Gasteiger partial charge in [0.15, 0.2) is 0 Å². The van der Waals surface area contributed by atoms with Gasteiger partial charge in [-0.25, -0.2) is 0 Å². The van der Waals surface area contributed by atoms with Crippen LogP contribution >= 0.6 is 27.5 Å². The molecule has 2 nitrogen and oxygen atoms in total. The first-order chi connectivity index (χ1) is 9.20. The molecule has 1 aliphatic rings. The van der Waals surface area contributed by atoms with Crippen LogP contribution in [-0.4, -0.2) is 19.0 Å². The van der Waals surface area contributed by atoms with Crippen molar-refractivity contribution in [1.29, 1.82) is 0 Å². The van der Waals surface area contributed by atoms with Crippen molar-refractivity contribution >= 4 is 27.5 Å². The molecule has 106 valence electrons. The van der Waals surface area contributed by atoms with E-state index in [0.717, 1.165) is 29.7 Å². The Morgan fingerprint density at radius 3 is 2.89 bits per heavy atom. The number of benzene rings is 1. The Morgan fingerprint density at radius 1 is 1.37 bits per heavy atom. The summed E-state index contributed by atoms with van der Waals surface area (Å²) >= 11 is 9.88. The third-order valence-electron chi connectivity index (χ3n) is 3.78. The van der Waals surface area contributed by atoms with Gasteiger partial charge in [0.25, 0.3) is 0 Å². The van der Waals surface area contributed by atoms with Crippen LogP contribution in [0.1, 0.15) is 31.2 Å². The van der Waals surface area contributed by atoms with Crippen LogP contribution in [-0.2, 0) is 6.54 Å². The summed E-state index contributed by atoms with van der Waals surface area (Å²) in [7, 11) is 1.71. The van der Waals surface area contributed by atoms with Gasteiger partial charge in [-0.15, -0.1) is 11.6 Å². The topological polar surface area (TPSA) is 21.3 Å². The molecule has 0 radical (unpaired) electrons. The standard InChI is InChI=1S/C15H21BrClNO/c1-19-15-7-6-13(16)8-12(15)10-18-9-11-4-2-3-5-14(11)17/h6-8,11,14,18H,2-5,9-10H2,1H3. The predicted molar refractivity (Wildman–Crippen MR) is 84.0 cm³/mol. The molecule has 0 aliphatic heterocycles. The third kappa shape index (κ3) is 4.37. The van der Waals surface area contributed by atoms with Crippen molar-refractivity contribution in [2.45, 2.75) is 37.6 Å². The summed E-state index contributed by atoms with van der Waals surface area (Å²) in [4.78, 5) is 0. The summed E-state index contributed by atoms with van der Waals surface area (Å²) in [5, 5.41) is 3.86. The van der Waals surface area contributed by atoms with Crippen molar-refractivity contribution in [3.05, 3.63) is 28.2 Å². The zero-order valence-electron chi connectivity index (χ0n) is 11.3. The summed E-state index contributed by atoms with van der Waals surface area (Å²) in [6.07, 6.45) is 5.00. The molecule has 0 saturated heterocycles. The second kappa shape index (κ2) is 7.51. The summed E-state index contributed by atoms with van der Waals surface area (Å²) in [5.41, 5.74) is 1.18. The molecule has 1 N–H and O–H groups in total. The Balaban J connectivity index is 1.86. The molecule has 1 saturated carbocycles. The molecule has 1 aromatic rings. The van der Waals surface area contributed by atoms with E-state index in [4.69, 9.17) is 16.3 Å². The molecule has 2 atom stereocenters. The van der Waals surface area contributed by atoms with E-state index in [1.165, 1.54) is 24.8 Å². The number of halogens is 2. The van der Waals surface area contributed by atoms with Crippen LogP contribution in [0.2, 0.25) is 0 Å². The lowest BCUT2D eigenvalue weighted by Crippen LogP contribution is -2.30. The molecule has 1 aliphatic carbocycles. The lowest BCUT2D eigenvalue weighted by Gasteiger charge is -2.27. The van der Waals surface area contributed by atoms with Gasteiger partial charge in [-0.1, -0.05) is 28.8 Å². The van der Waals surface area contributed by atoms with Gasteiger partial charge in [0, 0.05) is 22.0 Å². The van der Waals surface area contributed by atoms with Gasteiger partial charge in [-0.05, 0) is 43.5 Å². The highest BCUT2D eigenvalue weighted by molar-refractivity contribution is 9.10. The Hall–Kier alpha value is -0.250. The van der Waals surface area contributed by atoms with Gasteiger partial charge < -0.3 is 10.1 Å². The number of nitrogens with one attached hydrogen (secondary N) is 1. The molecule has 4 heteroatoms. The molecular weight excluding hydrogens is 326 g/mol. The van der Waals surface area contributed by atoms with E-state index in [9.17, 15) is 0 Å². The van der Waals surface area contributed by atoms with Crippen LogP contribution in [0.15, 0.2) is 22.7 Å². The highest BCUT2D eigenvalue weighted by Gasteiger charge is 2.22. The predicted octanol–water partition coefficient (Wildman–Crippen LogP) is 4.34. The van der Waals surface area contributed by atoms with Crippen LogP contribution in [0, 0.1) is 5.92 Å². The van der Waals surface area contributed by atoms with Crippen molar-refractivity contribution in [2.75, 3.05) is 13.7 Å². The molecular formula is C15H21BrClNO. The maximum absolute atomic E-state index is 6.38. The van der Waals surface area contributed by atoms with Crippen LogP contribution in [0.3, 0.4) is 0 Å². The van der Waals surface area contributed by atoms with E-state index in [1.807, 2.05) is 12.1 Å². The second-order valence-corrected chi connectivity index (χ2v) is 6.62. The Kier molecular flexibility index (Phi) is 5.99. The molecule has 2 rings (SSSR count). The Labute approximate surface area is 129 Å². The summed E-state index contributed by atoms with van der Waals surface area (Å²) < 4.78 is 6.46. The largest absolute Gasteiger partial charge is 0.496 e. The fourth-order valence-electron chi connectivity index (χ4n) is 2.67. The van der Waals surface area contributed by atoms with Gasteiger partial charge in [0.05, 0.1) is 7.11 Å². The SMILES string of the molecule is COc1ccc(Br)cc1CNCC1CCCCC1Cl. The Bertz CT molecular complexity index is 413. The van der Waals surface area contributed by atoms with Gasteiger partial charge >= 0.3 is 0 Å². The first kappa shape index (κ1) is 15.1. The first-order valence-corrected chi connectivity index (χ1v) is 8.11. The summed E-state index contributed by atoms with van der Waals surface area (Å²) in [6.45, 7) is 1.81. The maximum atomic E-state index is 6.38. The van der Waals surface area contributed by atoms with Crippen molar-refractivity contribution in [3.8, 4) is 5.75 Å². The average Bonchev–Trinajstić information content (AvgIpc) is 2.41. The van der Waals surface area contributed by atoms with E-state index in [1.54, 1.807) is 7.11 Å². The smallest absolute Gasteiger partial charge is 0.123 e. The van der Waals surface area contributed by atoms with Crippen LogP contribution in [0.4, 0.5) is 0 Å². The van der Waals surface area contributed by atoms with Crippen LogP contribution < -0.4 is 10.1 Å². The molecule has 0 aromatic heterocycles. The van der Waals surface area contributed by atoms with Gasteiger partial charge in [-0.3, -0.25) is 0 Å². The maximum Gasteiger partial charge on any atom is 0.123 e. The minimum Gasteiger partial charge on any atom is -0.496 e. The van der Waals surface area contributed by atoms with E-state index < -0.39 is 0 Å². The van der Waals surface area contributed by atoms with Crippen LogP contribution in [0.25, 0.3) is 0 Å². The molecule has 0 spiro atoms. The molecule has 19 heavy (non-hydrogen) atoms. The van der Waals surface area contributed by atoms with Gasteiger partial charge in [-0.2, -0.15) is 0 Å². The van der Waals surface area contributed by atoms with Crippen molar-refractivity contribution < 1.29 is 4.74 Å². The minimum absolute atomic E-state index is 0.339. The lowest BCUT2D eigenvalue weighted by atomic mass is 9.89. The molecule has 1 fully saturated rings. The van der Waals surface area contributed by atoms with E-state index >= 15 is 0 Å².